The first-order chi connectivity index (χ1) is 6.36. The lowest BCUT2D eigenvalue weighted by molar-refractivity contribution is -0.169. The highest BCUT2D eigenvalue weighted by Crippen LogP contribution is 2.50. The maximum Gasteiger partial charge on any atom is 0.314 e. The third-order valence-electron chi connectivity index (χ3n) is 3.88. The third kappa shape index (κ3) is 1.44. The molecule has 0 bridgehead atoms. The number of aliphatic hydroxyl groups is 1. The highest BCUT2D eigenvalue weighted by Gasteiger charge is 2.57. The molecule has 0 spiro atoms. The second-order valence-electron chi connectivity index (χ2n) is 4.64. The number of carbonyl (C=O) groups is 1. The molecule has 0 heterocycles. The quantitative estimate of drug-likeness (QED) is 0.691. The molecule has 0 aromatic rings. The van der Waals surface area contributed by atoms with Crippen LogP contribution in [0.15, 0.2) is 0 Å². The first kappa shape index (κ1) is 11.5. The van der Waals surface area contributed by atoms with Gasteiger partial charge < -0.3 is 9.84 Å². The Hall–Kier alpha value is -0.570. The average molecular weight is 200 g/mol. The van der Waals surface area contributed by atoms with Crippen molar-refractivity contribution < 1.29 is 14.6 Å². The van der Waals surface area contributed by atoms with Crippen molar-refractivity contribution in [3.63, 3.8) is 0 Å². The summed E-state index contributed by atoms with van der Waals surface area (Å²) in [7, 11) is 0. The molecule has 1 rings (SSSR count). The fourth-order valence-electron chi connectivity index (χ4n) is 2.18. The van der Waals surface area contributed by atoms with Crippen LogP contribution in [-0.2, 0) is 9.53 Å². The molecule has 1 aliphatic rings. The van der Waals surface area contributed by atoms with E-state index in [0.717, 1.165) is 6.42 Å². The van der Waals surface area contributed by atoms with Crippen molar-refractivity contribution in [3.05, 3.63) is 0 Å². The fraction of sp³-hybridized carbons (Fsp3) is 0.909. The van der Waals surface area contributed by atoms with Gasteiger partial charge in [-0.3, -0.25) is 4.79 Å². The van der Waals surface area contributed by atoms with Crippen molar-refractivity contribution in [2.24, 2.45) is 11.3 Å². The minimum atomic E-state index is -0.945. The van der Waals surface area contributed by atoms with Crippen molar-refractivity contribution in [1.82, 2.24) is 0 Å². The van der Waals surface area contributed by atoms with Crippen LogP contribution >= 0.6 is 0 Å². The summed E-state index contributed by atoms with van der Waals surface area (Å²) >= 11 is 0. The summed E-state index contributed by atoms with van der Waals surface area (Å²) in [6, 6.07) is 0. The fourth-order valence-corrected chi connectivity index (χ4v) is 2.18. The first-order valence-corrected chi connectivity index (χ1v) is 5.26. The van der Waals surface area contributed by atoms with Gasteiger partial charge in [0, 0.05) is 0 Å². The molecule has 0 saturated heterocycles. The van der Waals surface area contributed by atoms with Crippen LogP contribution < -0.4 is 0 Å². The Labute approximate surface area is 85.5 Å². The Balaban J connectivity index is 2.89. The standard InChI is InChI=1S/C11H20O3/c1-5-14-9(12)10(3)7-6-8(2)11(10,4)13/h8,13H,5-7H2,1-4H3/t8-,10+,11+/m0/s1. The second kappa shape index (κ2) is 3.54. The molecular formula is C11H20O3. The van der Waals surface area contributed by atoms with Crippen LogP contribution in [0.3, 0.4) is 0 Å². The normalized spacial score (nSPS) is 42.5. The number of ether oxygens (including phenoxy) is 1. The zero-order valence-corrected chi connectivity index (χ0v) is 9.46. The monoisotopic (exact) mass is 200 g/mol. The molecule has 0 radical (unpaired) electrons. The van der Waals surface area contributed by atoms with Crippen molar-refractivity contribution in [2.45, 2.75) is 46.1 Å². The minimum absolute atomic E-state index is 0.150. The van der Waals surface area contributed by atoms with Gasteiger partial charge in [-0.05, 0) is 39.5 Å². The van der Waals surface area contributed by atoms with E-state index in [1.165, 1.54) is 0 Å². The molecule has 82 valence electrons. The smallest absolute Gasteiger partial charge is 0.314 e. The van der Waals surface area contributed by atoms with Crippen molar-refractivity contribution in [2.75, 3.05) is 6.61 Å². The molecule has 0 amide bonds. The van der Waals surface area contributed by atoms with E-state index in [2.05, 4.69) is 0 Å². The molecule has 3 heteroatoms. The van der Waals surface area contributed by atoms with E-state index in [9.17, 15) is 9.90 Å². The number of hydrogen-bond acceptors (Lipinski definition) is 3. The van der Waals surface area contributed by atoms with Gasteiger partial charge in [-0.15, -0.1) is 0 Å². The minimum Gasteiger partial charge on any atom is -0.465 e. The first-order valence-electron chi connectivity index (χ1n) is 5.26. The van der Waals surface area contributed by atoms with Crippen LogP contribution in [-0.4, -0.2) is 23.3 Å². The van der Waals surface area contributed by atoms with Crippen molar-refractivity contribution in [3.8, 4) is 0 Å². The van der Waals surface area contributed by atoms with E-state index in [4.69, 9.17) is 4.74 Å². The summed E-state index contributed by atoms with van der Waals surface area (Å²) < 4.78 is 5.01. The zero-order valence-electron chi connectivity index (χ0n) is 9.46. The van der Waals surface area contributed by atoms with Crippen molar-refractivity contribution >= 4 is 5.97 Å². The molecule has 1 N–H and O–H groups in total. The predicted octanol–water partition coefficient (Wildman–Crippen LogP) is 1.74. The van der Waals surface area contributed by atoms with E-state index >= 15 is 0 Å². The van der Waals surface area contributed by atoms with Crippen LogP contribution in [0.5, 0.6) is 0 Å². The van der Waals surface area contributed by atoms with E-state index in [1.807, 2.05) is 6.92 Å². The molecule has 1 fully saturated rings. The van der Waals surface area contributed by atoms with Crippen molar-refractivity contribution in [1.29, 1.82) is 0 Å². The van der Waals surface area contributed by atoms with Crippen LogP contribution in [0.4, 0.5) is 0 Å². The van der Waals surface area contributed by atoms with Gasteiger partial charge in [-0.25, -0.2) is 0 Å². The number of rotatable bonds is 2. The maximum absolute atomic E-state index is 11.7. The largest absolute Gasteiger partial charge is 0.465 e. The van der Waals surface area contributed by atoms with Gasteiger partial charge in [0.1, 0.15) is 0 Å². The summed E-state index contributed by atoms with van der Waals surface area (Å²) in [4.78, 5) is 11.7. The average Bonchev–Trinajstić information content (AvgIpc) is 2.31. The molecule has 0 aliphatic heterocycles. The molecule has 3 atom stereocenters. The van der Waals surface area contributed by atoms with Crippen LogP contribution in [0, 0.1) is 11.3 Å². The summed E-state index contributed by atoms with van der Waals surface area (Å²) in [6.07, 6.45) is 1.59. The Bertz CT molecular complexity index is 235. The number of esters is 1. The van der Waals surface area contributed by atoms with Gasteiger partial charge in [-0.1, -0.05) is 6.92 Å². The third-order valence-corrected chi connectivity index (χ3v) is 3.88. The van der Waals surface area contributed by atoms with Gasteiger partial charge in [-0.2, -0.15) is 0 Å². The SMILES string of the molecule is CCOC(=O)[C@@]1(C)CC[C@H](C)[C@@]1(C)O. The molecule has 1 saturated carbocycles. The lowest BCUT2D eigenvalue weighted by Gasteiger charge is -2.36. The Morgan fingerprint density at radius 2 is 2.14 bits per heavy atom. The topological polar surface area (TPSA) is 46.5 Å². The number of carbonyl (C=O) groups excluding carboxylic acids is 1. The highest BCUT2D eigenvalue weighted by atomic mass is 16.5. The van der Waals surface area contributed by atoms with Gasteiger partial charge in [0.2, 0.25) is 0 Å². The summed E-state index contributed by atoms with van der Waals surface area (Å²) in [6.45, 7) is 7.67. The van der Waals surface area contributed by atoms with Crippen LogP contribution in [0.1, 0.15) is 40.5 Å². The molecule has 0 aromatic heterocycles. The van der Waals surface area contributed by atoms with Gasteiger partial charge in [0.05, 0.1) is 17.6 Å². The number of hydrogen-bond donors (Lipinski definition) is 1. The Morgan fingerprint density at radius 1 is 1.57 bits per heavy atom. The Kier molecular flexibility index (Phi) is 2.91. The molecule has 1 aliphatic carbocycles. The summed E-state index contributed by atoms with van der Waals surface area (Å²) in [5.74, 6) is -0.119. The zero-order chi connectivity index (χ0) is 11.0. The van der Waals surface area contributed by atoms with E-state index in [0.29, 0.717) is 13.0 Å². The maximum atomic E-state index is 11.7. The highest BCUT2D eigenvalue weighted by molar-refractivity contribution is 5.78. The predicted molar refractivity (Wildman–Crippen MR) is 53.8 cm³/mol. The van der Waals surface area contributed by atoms with E-state index in [-0.39, 0.29) is 11.9 Å². The Morgan fingerprint density at radius 3 is 2.50 bits per heavy atom. The van der Waals surface area contributed by atoms with Gasteiger partial charge >= 0.3 is 5.97 Å². The summed E-state index contributed by atoms with van der Waals surface area (Å²) in [5, 5.41) is 10.3. The van der Waals surface area contributed by atoms with Crippen LogP contribution in [0.25, 0.3) is 0 Å². The lowest BCUT2D eigenvalue weighted by atomic mass is 9.74. The molecule has 0 unspecified atom stereocenters. The van der Waals surface area contributed by atoms with E-state index in [1.54, 1.807) is 20.8 Å². The lowest BCUT2D eigenvalue weighted by Crippen LogP contribution is -2.48. The van der Waals surface area contributed by atoms with Crippen LogP contribution in [0.2, 0.25) is 0 Å². The molecule has 14 heavy (non-hydrogen) atoms. The summed E-state index contributed by atoms with van der Waals surface area (Å²) in [5.41, 5.74) is -1.68. The molecule has 0 aromatic carbocycles. The van der Waals surface area contributed by atoms with Gasteiger partial charge in [0.25, 0.3) is 0 Å². The molecular weight excluding hydrogens is 180 g/mol. The van der Waals surface area contributed by atoms with E-state index < -0.39 is 11.0 Å². The van der Waals surface area contributed by atoms with Gasteiger partial charge in [0.15, 0.2) is 0 Å². The second-order valence-corrected chi connectivity index (χ2v) is 4.64. The molecule has 3 nitrogen and oxygen atoms in total.